The lowest BCUT2D eigenvalue weighted by Crippen LogP contribution is -2.31. The van der Waals surface area contributed by atoms with Crippen LogP contribution < -0.4 is 15.4 Å². The molecule has 2 saturated heterocycles. The molecular weight excluding hydrogens is 636 g/mol. The molecule has 0 spiro atoms. The van der Waals surface area contributed by atoms with Crippen LogP contribution in [0.1, 0.15) is 74.6 Å². The smallest absolute Gasteiger partial charge is 0.347 e. The van der Waals surface area contributed by atoms with Crippen molar-refractivity contribution in [3.8, 4) is 5.75 Å². The largest absolute Gasteiger partial charge is 0.507 e. The number of carbonyl (C=O) groups excluding carboxylic acids is 3. The molecule has 10 nitrogen and oxygen atoms in total. The molecule has 0 aliphatic carbocycles. The minimum Gasteiger partial charge on any atom is -0.507 e. The van der Waals surface area contributed by atoms with Gasteiger partial charge in [-0.05, 0) is 109 Å². The highest BCUT2D eigenvalue weighted by Gasteiger charge is 2.25. The topological polar surface area (TPSA) is 149 Å². The van der Waals surface area contributed by atoms with E-state index in [0.29, 0.717) is 22.8 Å². The molecule has 50 heavy (non-hydrogen) atoms. The first kappa shape index (κ1) is 37.8. The predicted octanol–water partition coefficient (Wildman–Crippen LogP) is 6.66. The predicted molar refractivity (Wildman–Crippen MR) is 199 cm³/mol. The summed E-state index contributed by atoms with van der Waals surface area (Å²) in [6.45, 7) is 3.44. The van der Waals surface area contributed by atoms with Gasteiger partial charge in [-0.25, -0.2) is 4.79 Å². The monoisotopic (exact) mass is 682 g/mol. The van der Waals surface area contributed by atoms with Gasteiger partial charge in [0.1, 0.15) is 22.7 Å². The highest BCUT2D eigenvalue weighted by atomic mass is 16.4. The van der Waals surface area contributed by atoms with E-state index < -0.39 is 11.4 Å². The Balaban J connectivity index is 0.000000227. The third kappa shape index (κ3) is 7.72. The van der Waals surface area contributed by atoms with Crippen molar-refractivity contribution in [3.63, 3.8) is 0 Å². The maximum Gasteiger partial charge on any atom is 0.347 e. The average molecular weight is 683 g/mol. The Morgan fingerprint density at radius 2 is 1.34 bits per heavy atom. The number of hydrogen-bond acceptors (Lipinski definition) is 10. The van der Waals surface area contributed by atoms with E-state index in [4.69, 9.17) is 4.42 Å². The summed E-state index contributed by atoms with van der Waals surface area (Å²) in [5, 5.41) is 33.1. The fraction of sp³-hybridized carbons (Fsp3) is 0.350. The third-order valence-corrected chi connectivity index (χ3v) is 9.32. The number of ketones is 2. The number of aldehydes is 1. The van der Waals surface area contributed by atoms with Crippen LogP contribution in [0.3, 0.4) is 0 Å². The third-order valence-electron chi connectivity index (χ3n) is 9.32. The number of benzene rings is 4. The second kappa shape index (κ2) is 16.1. The van der Waals surface area contributed by atoms with Gasteiger partial charge in [-0.1, -0.05) is 27.0 Å². The van der Waals surface area contributed by atoms with Crippen LogP contribution in [0.5, 0.6) is 5.75 Å². The number of rotatable bonds is 8. The molecule has 3 heterocycles. The Labute approximate surface area is 291 Å². The summed E-state index contributed by atoms with van der Waals surface area (Å²) in [6.07, 6.45) is 4.45. The number of fused-ring (bicyclic) bond motifs is 3. The molecule has 10 heteroatoms. The lowest BCUT2D eigenvalue weighted by molar-refractivity contribution is -0.116. The van der Waals surface area contributed by atoms with Gasteiger partial charge in [-0.3, -0.25) is 14.4 Å². The number of anilines is 2. The molecule has 4 aromatic carbocycles. The first-order valence-electron chi connectivity index (χ1n) is 16.2. The van der Waals surface area contributed by atoms with Gasteiger partial charge in [0, 0.05) is 29.9 Å². The van der Waals surface area contributed by atoms with E-state index in [0.717, 1.165) is 71.7 Å². The van der Waals surface area contributed by atoms with Crippen molar-refractivity contribution in [2.75, 3.05) is 36.1 Å². The summed E-state index contributed by atoms with van der Waals surface area (Å²) >= 11 is 0. The van der Waals surface area contributed by atoms with Crippen molar-refractivity contribution in [1.82, 2.24) is 0 Å². The summed E-state index contributed by atoms with van der Waals surface area (Å²) in [4.78, 5) is 50.8. The zero-order valence-corrected chi connectivity index (χ0v) is 26.7. The first-order chi connectivity index (χ1) is 23.2. The van der Waals surface area contributed by atoms with E-state index in [1.165, 1.54) is 13.0 Å². The van der Waals surface area contributed by atoms with Gasteiger partial charge in [0.25, 0.3) is 0 Å². The van der Waals surface area contributed by atoms with E-state index in [1.54, 1.807) is 18.2 Å². The molecule has 264 valence electrons. The summed E-state index contributed by atoms with van der Waals surface area (Å²) < 4.78 is 5.37. The lowest BCUT2D eigenvalue weighted by atomic mass is 10.0. The van der Waals surface area contributed by atoms with Crippen LogP contribution in [0, 0.1) is 0 Å². The molecule has 2 aliphatic heterocycles. The normalized spacial score (nSPS) is 16.9. The minimum atomic E-state index is -0.728. The number of aliphatic hydroxyl groups excluding tert-OH is 2. The van der Waals surface area contributed by atoms with Gasteiger partial charge in [0.2, 0.25) is 0 Å². The van der Waals surface area contributed by atoms with E-state index in [2.05, 4.69) is 9.80 Å². The summed E-state index contributed by atoms with van der Waals surface area (Å²) in [7, 11) is 0. The number of Topliss-reactive ketones (excluding diaryl/α,β-unsaturated/α-hetero) is 2. The zero-order chi connectivity index (χ0) is 33.9. The number of phenolic OH excluding ortho intramolecular Hbond substituents is 1. The van der Waals surface area contributed by atoms with E-state index in [-0.39, 0.29) is 63.7 Å². The molecule has 0 amide bonds. The van der Waals surface area contributed by atoms with Crippen molar-refractivity contribution in [2.24, 2.45) is 0 Å². The van der Waals surface area contributed by atoms with Crippen molar-refractivity contribution in [2.45, 2.75) is 66.0 Å². The van der Waals surface area contributed by atoms with Gasteiger partial charge in [-0.15, -0.1) is 0 Å². The Morgan fingerprint density at radius 1 is 0.780 bits per heavy atom. The van der Waals surface area contributed by atoms with Gasteiger partial charge < -0.3 is 29.5 Å². The molecule has 3 N–H and O–H groups in total. The standard InChI is InChI=1S/C22H21NO5.C16H17NO3.2CH4/c1-13(25)7-20(26)19-10-16-8-14-4-5-17(23-6-2-3-18(23)12-24)9-15(14)11-21(16)28-22(19)27;18-9-13-6-11-3-4-14(7-12(11)8-16(13)20)17-5-1-2-15(17)10-19;;/h4-5,8-11,18,24H,2-3,6-7,12H2,1H3;3-4,6-9,15,19-20H,1-2,5,10H2;2*1H4. The number of phenols is 1. The molecule has 2 unspecified atom stereocenters. The fourth-order valence-corrected chi connectivity index (χ4v) is 6.84. The number of aromatic hydroxyl groups is 1. The highest BCUT2D eigenvalue weighted by molar-refractivity contribution is 6.08. The SMILES string of the molecule is C.C.CC(=O)CC(=O)c1cc2cc3ccc(N4CCCC4CO)cc3cc2oc1=O.O=Cc1cc2ccc(N3CCCC3CO)cc2cc1O. The molecule has 2 fully saturated rings. The quantitative estimate of drug-likeness (QED) is 0.0533. The van der Waals surface area contributed by atoms with Crippen molar-refractivity contribution in [3.05, 3.63) is 88.3 Å². The van der Waals surface area contributed by atoms with Gasteiger partial charge in [-0.2, -0.15) is 0 Å². The molecule has 1 aromatic heterocycles. The summed E-state index contributed by atoms with van der Waals surface area (Å²) in [5.41, 5.74) is 1.95. The molecule has 5 aromatic rings. The van der Waals surface area contributed by atoms with Crippen molar-refractivity contribution in [1.29, 1.82) is 0 Å². The number of aliphatic hydroxyl groups is 2. The Hall–Kier alpha value is -5.06. The Bertz CT molecular complexity index is 2090. The highest BCUT2D eigenvalue weighted by Crippen LogP contribution is 2.32. The average Bonchev–Trinajstić information content (AvgIpc) is 3.76. The molecule has 0 radical (unpaired) electrons. The second-order valence-corrected chi connectivity index (χ2v) is 12.6. The maximum absolute atomic E-state index is 12.2. The molecule has 0 saturated carbocycles. The minimum absolute atomic E-state index is 0. The van der Waals surface area contributed by atoms with Crippen molar-refractivity contribution < 1.29 is 34.1 Å². The number of hydrogen-bond donors (Lipinski definition) is 3. The lowest BCUT2D eigenvalue weighted by Gasteiger charge is -2.25. The molecular formula is C40H46N2O8. The number of nitrogens with zero attached hydrogens (tertiary/aromatic N) is 2. The fourth-order valence-electron chi connectivity index (χ4n) is 6.84. The van der Waals surface area contributed by atoms with E-state index in [1.807, 2.05) is 42.5 Å². The van der Waals surface area contributed by atoms with Crippen molar-refractivity contribution >= 4 is 61.7 Å². The van der Waals surface area contributed by atoms with Crippen LogP contribution >= 0.6 is 0 Å². The van der Waals surface area contributed by atoms with Crippen LogP contribution in [0.25, 0.3) is 32.5 Å². The van der Waals surface area contributed by atoms with Crippen LogP contribution in [0.2, 0.25) is 0 Å². The van der Waals surface area contributed by atoms with Crippen LogP contribution in [-0.4, -0.2) is 71.6 Å². The Morgan fingerprint density at radius 3 is 1.88 bits per heavy atom. The first-order valence-corrected chi connectivity index (χ1v) is 16.2. The van der Waals surface area contributed by atoms with Gasteiger partial charge in [0.05, 0.1) is 37.3 Å². The Kier molecular flexibility index (Phi) is 12.2. The summed E-state index contributed by atoms with van der Waals surface area (Å²) in [6, 6.07) is 20.8. The number of carbonyl (C=O) groups is 3. The summed E-state index contributed by atoms with van der Waals surface area (Å²) in [5.74, 6) is -0.814. The van der Waals surface area contributed by atoms with Crippen LogP contribution in [-0.2, 0) is 4.79 Å². The van der Waals surface area contributed by atoms with Crippen LogP contribution in [0.15, 0.2) is 75.9 Å². The zero-order valence-electron chi connectivity index (χ0n) is 26.7. The van der Waals surface area contributed by atoms with E-state index in [9.17, 15) is 34.5 Å². The molecule has 2 atom stereocenters. The van der Waals surface area contributed by atoms with Gasteiger partial charge >= 0.3 is 5.63 Å². The maximum atomic E-state index is 12.2. The molecule has 7 rings (SSSR count). The van der Waals surface area contributed by atoms with E-state index >= 15 is 0 Å². The van der Waals surface area contributed by atoms with Gasteiger partial charge in [0.15, 0.2) is 12.1 Å². The molecule has 2 aliphatic rings. The second-order valence-electron chi connectivity index (χ2n) is 12.6. The molecule has 0 bridgehead atoms. The van der Waals surface area contributed by atoms with Crippen LogP contribution in [0.4, 0.5) is 11.4 Å².